The largest absolute Gasteiger partial charge is 0.494 e. The lowest BCUT2D eigenvalue weighted by Gasteiger charge is -2.14. The Bertz CT molecular complexity index is 1000. The van der Waals surface area contributed by atoms with Crippen LogP contribution in [0.1, 0.15) is 12.0 Å². The number of aromatic amines is 1. The summed E-state index contributed by atoms with van der Waals surface area (Å²) in [5.74, 6) is 0.0460. The monoisotopic (exact) mass is 324 g/mol. The summed E-state index contributed by atoms with van der Waals surface area (Å²) >= 11 is 0. The number of nitrogens with two attached hydrogens (primary N) is 1. The van der Waals surface area contributed by atoms with Gasteiger partial charge in [-0.2, -0.15) is 5.10 Å². The smallest absolute Gasteiger partial charge is 0.264 e. The van der Waals surface area contributed by atoms with Gasteiger partial charge < -0.3 is 15.6 Å². The maximum absolute atomic E-state index is 12.3. The Morgan fingerprint density at radius 3 is 2.79 bits per heavy atom. The molecule has 4 rings (SSSR count). The van der Waals surface area contributed by atoms with E-state index in [1.54, 1.807) is 0 Å². The lowest BCUT2D eigenvalue weighted by molar-refractivity contribution is 0.161. The van der Waals surface area contributed by atoms with Gasteiger partial charge in [-0.15, -0.1) is 0 Å². The number of H-pyrrole nitrogens is 1. The molecule has 24 heavy (non-hydrogen) atoms. The predicted octanol–water partition coefficient (Wildman–Crippen LogP) is 1.81. The Kier molecular flexibility index (Phi) is 3.35. The van der Waals surface area contributed by atoms with Crippen molar-refractivity contribution in [2.24, 2.45) is 0 Å². The molecule has 2 aromatic heterocycles. The highest BCUT2D eigenvalue weighted by atomic mass is 16.5. The molecule has 1 aliphatic rings. The molecule has 0 saturated heterocycles. The van der Waals surface area contributed by atoms with Crippen LogP contribution in [0, 0.1) is 0 Å². The van der Waals surface area contributed by atoms with Crippen LogP contribution in [0.15, 0.2) is 41.2 Å². The fraction of sp³-hybridized carbons (Fsp3) is 0.176. The zero-order valence-corrected chi connectivity index (χ0v) is 12.8. The number of nitrogens with zero attached hydrogens (tertiary/aromatic N) is 2. The quantitative estimate of drug-likeness (QED) is 0.666. The molecule has 1 aromatic carbocycles. The number of hydrogen-bond donors (Lipinski definition) is 3. The number of rotatable bonds is 2. The first-order chi connectivity index (χ1) is 11.7. The summed E-state index contributed by atoms with van der Waals surface area (Å²) in [5, 5.41) is 15.1. The van der Waals surface area contributed by atoms with Gasteiger partial charge in [0.2, 0.25) is 5.88 Å². The van der Waals surface area contributed by atoms with Gasteiger partial charge in [0.05, 0.1) is 24.5 Å². The van der Waals surface area contributed by atoms with Gasteiger partial charge >= 0.3 is 0 Å². The number of nitrogens with one attached hydrogen (secondary N) is 1. The topological polar surface area (TPSA) is 106 Å². The summed E-state index contributed by atoms with van der Waals surface area (Å²) < 4.78 is 6.83. The van der Waals surface area contributed by atoms with Crippen molar-refractivity contribution in [1.82, 2.24) is 14.8 Å². The average molecular weight is 324 g/mol. The van der Waals surface area contributed by atoms with Crippen molar-refractivity contribution in [3.8, 4) is 11.6 Å². The van der Waals surface area contributed by atoms with Gasteiger partial charge in [0.1, 0.15) is 16.7 Å². The molecule has 0 amide bonds. The van der Waals surface area contributed by atoms with E-state index in [0.717, 1.165) is 11.3 Å². The normalized spacial score (nSPS) is 14.8. The number of pyridine rings is 1. The minimum absolute atomic E-state index is 0.196. The van der Waals surface area contributed by atoms with Crippen LogP contribution in [0.5, 0.6) is 5.88 Å². The summed E-state index contributed by atoms with van der Waals surface area (Å²) in [7, 11) is 0. The zero-order valence-electron chi connectivity index (χ0n) is 12.8. The van der Waals surface area contributed by atoms with Crippen molar-refractivity contribution in [1.29, 1.82) is 0 Å². The summed E-state index contributed by atoms with van der Waals surface area (Å²) in [6.07, 6.45) is 2.51. The van der Waals surface area contributed by atoms with Gasteiger partial charge in [-0.1, -0.05) is 24.3 Å². The summed E-state index contributed by atoms with van der Waals surface area (Å²) in [6, 6.07) is 9.32. The van der Waals surface area contributed by atoms with E-state index < -0.39 is 5.56 Å². The van der Waals surface area contributed by atoms with Crippen LogP contribution < -0.4 is 11.3 Å². The molecule has 3 heterocycles. The highest BCUT2D eigenvalue weighted by molar-refractivity contribution is 5.98. The molecule has 0 atom stereocenters. The average Bonchev–Trinajstić information content (AvgIpc) is 2.94. The summed E-state index contributed by atoms with van der Waals surface area (Å²) in [5.41, 5.74) is 8.25. The van der Waals surface area contributed by atoms with Gasteiger partial charge in [0.15, 0.2) is 0 Å². The number of aromatic nitrogens is 3. The third-order valence-corrected chi connectivity index (χ3v) is 4.14. The Morgan fingerprint density at radius 2 is 2.08 bits per heavy atom. The van der Waals surface area contributed by atoms with E-state index in [4.69, 9.17) is 10.5 Å². The van der Waals surface area contributed by atoms with Crippen LogP contribution in [-0.4, -0.2) is 33.1 Å². The lowest BCUT2D eigenvalue weighted by Crippen LogP contribution is -2.11. The Labute approximate surface area is 137 Å². The van der Waals surface area contributed by atoms with E-state index in [-0.39, 0.29) is 17.1 Å². The Morgan fingerprint density at radius 1 is 1.29 bits per heavy atom. The van der Waals surface area contributed by atoms with Gasteiger partial charge in [0.25, 0.3) is 5.56 Å². The number of benzene rings is 1. The first-order valence-electron chi connectivity index (χ1n) is 7.63. The number of nitrogen functional groups attached to an aromatic ring is 1. The molecule has 0 radical (unpaired) electrons. The SMILES string of the molecule is Nc1c2c(=O)[nH]c(O)c(C3=CCOCC3)c2nn1-c1ccccc1. The molecule has 122 valence electrons. The molecular weight excluding hydrogens is 308 g/mol. The molecule has 4 N–H and O–H groups in total. The third kappa shape index (κ3) is 2.17. The van der Waals surface area contributed by atoms with Crippen LogP contribution in [0.4, 0.5) is 5.82 Å². The van der Waals surface area contributed by atoms with E-state index in [1.807, 2.05) is 36.4 Å². The summed E-state index contributed by atoms with van der Waals surface area (Å²) in [6.45, 7) is 1.02. The molecule has 0 aliphatic carbocycles. The second-order valence-corrected chi connectivity index (χ2v) is 5.59. The van der Waals surface area contributed by atoms with E-state index in [9.17, 15) is 9.90 Å². The summed E-state index contributed by atoms with van der Waals surface area (Å²) in [4.78, 5) is 14.8. The van der Waals surface area contributed by atoms with Crippen LogP contribution in [-0.2, 0) is 4.74 Å². The molecule has 3 aromatic rings. The van der Waals surface area contributed by atoms with Crippen molar-refractivity contribution in [3.05, 3.63) is 52.3 Å². The lowest BCUT2D eigenvalue weighted by atomic mass is 10.0. The first-order valence-corrected chi connectivity index (χ1v) is 7.63. The highest BCUT2D eigenvalue weighted by Crippen LogP contribution is 2.34. The van der Waals surface area contributed by atoms with Gasteiger partial charge in [-0.3, -0.25) is 9.78 Å². The molecule has 7 heteroatoms. The van der Waals surface area contributed by atoms with Crippen molar-refractivity contribution in [2.75, 3.05) is 18.9 Å². The highest BCUT2D eigenvalue weighted by Gasteiger charge is 2.22. The minimum Gasteiger partial charge on any atom is -0.494 e. The van der Waals surface area contributed by atoms with Gasteiger partial charge in [0, 0.05) is 0 Å². The predicted molar refractivity (Wildman–Crippen MR) is 91.2 cm³/mol. The first kappa shape index (κ1) is 14.5. The second-order valence-electron chi connectivity index (χ2n) is 5.59. The second kappa shape index (κ2) is 5.54. The number of ether oxygens (including phenoxy) is 1. The van der Waals surface area contributed by atoms with E-state index in [1.165, 1.54) is 4.68 Å². The third-order valence-electron chi connectivity index (χ3n) is 4.14. The van der Waals surface area contributed by atoms with Crippen LogP contribution >= 0.6 is 0 Å². The molecule has 0 fully saturated rings. The number of para-hydroxylation sites is 1. The van der Waals surface area contributed by atoms with E-state index in [0.29, 0.717) is 30.7 Å². The molecule has 0 saturated carbocycles. The Balaban J connectivity index is 2.04. The molecule has 0 unspecified atom stereocenters. The molecule has 7 nitrogen and oxygen atoms in total. The minimum atomic E-state index is -0.460. The molecule has 0 spiro atoms. The fourth-order valence-corrected chi connectivity index (χ4v) is 3.00. The molecule has 0 bridgehead atoms. The maximum atomic E-state index is 12.3. The number of fused-ring (bicyclic) bond motifs is 1. The molecular formula is C17H16N4O3. The van der Waals surface area contributed by atoms with Gasteiger partial charge in [-0.25, -0.2) is 4.68 Å². The maximum Gasteiger partial charge on any atom is 0.264 e. The molecule has 1 aliphatic heterocycles. The van der Waals surface area contributed by atoms with Crippen LogP contribution in [0.2, 0.25) is 0 Å². The number of hydrogen-bond acceptors (Lipinski definition) is 5. The van der Waals surface area contributed by atoms with Crippen LogP contribution in [0.25, 0.3) is 22.2 Å². The number of anilines is 1. The van der Waals surface area contributed by atoms with Gasteiger partial charge in [-0.05, 0) is 24.1 Å². The van der Waals surface area contributed by atoms with Crippen molar-refractivity contribution in [2.45, 2.75) is 6.42 Å². The van der Waals surface area contributed by atoms with Crippen molar-refractivity contribution >= 4 is 22.3 Å². The Hall–Kier alpha value is -3.06. The number of aromatic hydroxyl groups is 1. The van der Waals surface area contributed by atoms with E-state index >= 15 is 0 Å². The fourth-order valence-electron chi connectivity index (χ4n) is 3.00. The van der Waals surface area contributed by atoms with Crippen molar-refractivity contribution < 1.29 is 9.84 Å². The van der Waals surface area contributed by atoms with E-state index in [2.05, 4.69) is 10.1 Å². The zero-order chi connectivity index (χ0) is 16.7. The van der Waals surface area contributed by atoms with Crippen molar-refractivity contribution in [3.63, 3.8) is 0 Å². The standard InChI is InChI=1S/C17H16N4O3/c18-15-13-14(20-21(15)11-4-2-1-3-5-11)12(16(22)19-17(13)23)10-6-8-24-9-7-10/h1-6,22H,7-9,18H2,(H,19,23). The van der Waals surface area contributed by atoms with Crippen LogP contribution in [0.3, 0.4) is 0 Å².